The van der Waals surface area contributed by atoms with Crippen LogP contribution in [0.25, 0.3) is 0 Å². The van der Waals surface area contributed by atoms with Gasteiger partial charge in [0.25, 0.3) is 0 Å². The summed E-state index contributed by atoms with van der Waals surface area (Å²) in [6.45, 7) is 7.07. The summed E-state index contributed by atoms with van der Waals surface area (Å²) in [6.07, 6.45) is 2.55. The molecule has 1 aromatic heterocycles. The van der Waals surface area contributed by atoms with Gasteiger partial charge in [-0.2, -0.15) is 0 Å². The zero-order valence-electron chi connectivity index (χ0n) is 12.2. The molecule has 0 aliphatic heterocycles. The van der Waals surface area contributed by atoms with Crippen molar-refractivity contribution >= 4 is 15.8 Å². The van der Waals surface area contributed by atoms with Crippen molar-refractivity contribution in [3.63, 3.8) is 0 Å². The number of pyridine rings is 1. The number of anilines is 1. The molecule has 7 heteroatoms. The molecule has 0 fully saturated rings. The lowest BCUT2D eigenvalue weighted by Crippen LogP contribution is -2.29. The molecule has 0 saturated heterocycles. The molecule has 2 N–H and O–H groups in total. The lowest BCUT2D eigenvalue weighted by atomic mass is 10.4. The first-order valence-corrected chi connectivity index (χ1v) is 8.26. The fraction of sp³-hybridized carbons (Fsp3) is 0.615. The smallest absolute Gasteiger partial charge is 0.244 e. The van der Waals surface area contributed by atoms with Gasteiger partial charge in [0.1, 0.15) is 10.7 Å². The van der Waals surface area contributed by atoms with E-state index < -0.39 is 10.0 Å². The number of hydrogen-bond acceptors (Lipinski definition) is 5. The highest BCUT2D eigenvalue weighted by Crippen LogP contribution is 2.17. The molecule has 1 heterocycles. The number of nitrogens with zero attached hydrogens (tertiary/aromatic N) is 1. The third-order valence-electron chi connectivity index (χ3n) is 2.45. The van der Waals surface area contributed by atoms with Crippen molar-refractivity contribution in [2.45, 2.75) is 38.2 Å². The van der Waals surface area contributed by atoms with E-state index in [9.17, 15) is 8.42 Å². The van der Waals surface area contributed by atoms with Crippen molar-refractivity contribution in [1.29, 1.82) is 0 Å². The molecular formula is C13H23N3O3S. The van der Waals surface area contributed by atoms with Gasteiger partial charge in [-0.25, -0.2) is 18.1 Å². The van der Waals surface area contributed by atoms with Crippen molar-refractivity contribution in [1.82, 2.24) is 9.71 Å². The minimum atomic E-state index is -3.57. The second-order valence-corrected chi connectivity index (χ2v) is 6.33. The van der Waals surface area contributed by atoms with Crippen LogP contribution in [-0.2, 0) is 14.8 Å². The molecular weight excluding hydrogens is 278 g/mol. The zero-order chi connectivity index (χ0) is 15.0. The molecule has 1 aromatic rings. The third kappa shape index (κ3) is 5.44. The van der Waals surface area contributed by atoms with Crippen molar-refractivity contribution < 1.29 is 13.2 Å². The van der Waals surface area contributed by atoms with Gasteiger partial charge in [-0.15, -0.1) is 0 Å². The van der Waals surface area contributed by atoms with Gasteiger partial charge in [-0.3, -0.25) is 0 Å². The zero-order valence-corrected chi connectivity index (χ0v) is 13.0. The highest BCUT2D eigenvalue weighted by Gasteiger charge is 2.18. The maximum absolute atomic E-state index is 12.2. The molecule has 20 heavy (non-hydrogen) atoms. The Hall–Kier alpha value is -1.18. The van der Waals surface area contributed by atoms with Crippen LogP contribution in [0.4, 0.5) is 5.82 Å². The Kier molecular flexibility index (Phi) is 6.90. The summed E-state index contributed by atoms with van der Waals surface area (Å²) in [7, 11) is -3.57. The van der Waals surface area contributed by atoms with Gasteiger partial charge in [-0.1, -0.05) is 6.92 Å². The molecule has 0 aromatic carbocycles. The third-order valence-corrected chi connectivity index (χ3v) is 3.94. The maximum Gasteiger partial charge on any atom is 0.244 e. The molecule has 0 atom stereocenters. The van der Waals surface area contributed by atoms with Crippen LogP contribution in [0.2, 0.25) is 0 Å². The molecule has 0 aliphatic rings. The second kappa shape index (κ2) is 8.18. The fourth-order valence-electron chi connectivity index (χ4n) is 1.53. The molecule has 0 unspecified atom stereocenters. The minimum absolute atomic E-state index is 0.0830. The van der Waals surface area contributed by atoms with Crippen LogP contribution in [0.1, 0.15) is 27.2 Å². The summed E-state index contributed by atoms with van der Waals surface area (Å²) in [6, 6.07) is 3.15. The van der Waals surface area contributed by atoms with Gasteiger partial charge in [0.05, 0.1) is 12.7 Å². The first-order valence-electron chi connectivity index (χ1n) is 6.77. The van der Waals surface area contributed by atoms with Crippen LogP contribution in [-0.4, -0.2) is 39.2 Å². The van der Waals surface area contributed by atoms with Crippen LogP contribution in [0.3, 0.4) is 0 Å². The van der Waals surface area contributed by atoms with Crippen molar-refractivity contribution in [2.24, 2.45) is 0 Å². The summed E-state index contributed by atoms with van der Waals surface area (Å²) >= 11 is 0. The number of hydrogen-bond donors (Lipinski definition) is 2. The van der Waals surface area contributed by atoms with Crippen molar-refractivity contribution in [2.75, 3.05) is 25.0 Å². The highest BCUT2D eigenvalue weighted by atomic mass is 32.2. The van der Waals surface area contributed by atoms with E-state index in [0.717, 1.165) is 6.42 Å². The Morgan fingerprint density at radius 1 is 1.35 bits per heavy atom. The average molecular weight is 301 g/mol. The lowest BCUT2D eigenvalue weighted by molar-refractivity contribution is 0.0834. The molecule has 114 valence electrons. The molecule has 0 amide bonds. The molecule has 0 bridgehead atoms. The molecule has 1 rings (SSSR count). The Balaban J connectivity index is 2.71. The molecule has 0 aliphatic carbocycles. The number of rotatable bonds is 9. The second-order valence-electron chi connectivity index (χ2n) is 4.59. The van der Waals surface area contributed by atoms with E-state index in [1.807, 2.05) is 20.8 Å². The molecule has 6 nitrogen and oxygen atoms in total. The summed E-state index contributed by atoms with van der Waals surface area (Å²) < 4.78 is 32.3. The van der Waals surface area contributed by atoms with E-state index in [4.69, 9.17) is 4.74 Å². The summed E-state index contributed by atoms with van der Waals surface area (Å²) in [5.41, 5.74) is 0. The topological polar surface area (TPSA) is 80.3 Å². The predicted octanol–water partition coefficient (Wildman–Crippen LogP) is 1.61. The van der Waals surface area contributed by atoms with E-state index in [-0.39, 0.29) is 17.5 Å². The fourth-order valence-corrected chi connectivity index (χ4v) is 2.68. The van der Waals surface area contributed by atoms with Gasteiger partial charge in [0.15, 0.2) is 0 Å². The quantitative estimate of drug-likeness (QED) is 0.677. The van der Waals surface area contributed by atoms with E-state index in [1.165, 1.54) is 6.07 Å². The highest BCUT2D eigenvalue weighted by molar-refractivity contribution is 7.89. The number of ether oxygens (including phenoxy) is 1. The SMILES string of the molecule is CCCNc1ncccc1S(=O)(=O)NCCOC(C)C. The standard InChI is InChI=1S/C13H23N3O3S/c1-4-7-14-13-12(6-5-8-15-13)20(17,18)16-9-10-19-11(2)3/h5-6,8,11,16H,4,7,9-10H2,1-3H3,(H,14,15). The Bertz CT molecular complexity index is 503. The molecule has 0 radical (unpaired) electrons. The molecule has 0 spiro atoms. The number of nitrogens with one attached hydrogen (secondary N) is 2. The van der Waals surface area contributed by atoms with E-state index in [1.54, 1.807) is 12.3 Å². The van der Waals surface area contributed by atoms with Gasteiger partial charge < -0.3 is 10.1 Å². The first kappa shape index (κ1) is 16.9. The van der Waals surface area contributed by atoms with Crippen LogP contribution in [0.15, 0.2) is 23.2 Å². The largest absolute Gasteiger partial charge is 0.377 e. The van der Waals surface area contributed by atoms with Crippen LogP contribution < -0.4 is 10.0 Å². The first-order chi connectivity index (χ1) is 9.47. The summed E-state index contributed by atoms with van der Waals surface area (Å²) in [5.74, 6) is 0.381. The lowest BCUT2D eigenvalue weighted by Gasteiger charge is -2.12. The van der Waals surface area contributed by atoms with Gasteiger partial charge >= 0.3 is 0 Å². The van der Waals surface area contributed by atoms with Crippen LogP contribution in [0, 0.1) is 0 Å². The van der Waals surface area contributed by atoms with Crippen molar-refractivity contribution in [3.8, 4) is 0 Å². The predicted molar refractivity (Wildman–Crippen MR) is 79.3 cm³/mol. The van der Waals surface area contributed by atoms with Crippen LogP contribution in [0.5, 0.6) is 0 Å². The minimum Gasteiger partial charge on any atom is -0.377 e. The van der Waals surface area contributed by atoms with E-state index >= 15 is 0 Å². The normalized spacial score (nSPS) is 11.8. The van der Waals surface area contributed by atoms with Gasteiger partial charge in [0, 0.05) is 19.3 Å². The summed E-state index contributed by atoms with van der Waals surface area (Å²) in [5, 5.41) is 3.02. The summed E-state index contributed by atoms with van der Waals surface area (Å²) in [4.78, 5) is 4.24. The Labute approximate surface area is 121 Å². The number of sulfonamides is 1. The van der Waals surface area contributed by atoms with E-state index in [2.05, 4.69) is 15.0 Å². The van der Waals surface area contributed by atoms with Gasteiger partial charge in [0.2, 0.25) is 10.0 Å². The van der Waals surface area contributed by atoms with E-state index in [0.29, 0.717) is 19.0 Å². The number of aromatic nitrogens is 1. The molecule has 0 saturated carbocycles. The van der Waals surface area contributed by atoms with Crippen LogP contribution >= 0.6 is 0 Å². The maximum atomic E-state index is 12.2. The van der Waals surface area contributed by atoms with Gasteiger partial charge in [-0.05, 0) is 32.4 Å². The van der Waals surface area contributed by atoms with Crippen molar-refractivity contribution in [3.05, 3.63) is 18.3 Å². The monoisotopic (exact) mass is 301 g/mol. The average Bonchev–Trinajstić information content (AvgIpc) is 2.41. The Morgan fingerprint density at radius 3 is 2.75 bits per heavy atom. The Morgan fingerprint density at radius 2 is 2.10 bits per heavy atom.